The number of likely N-dealkylation sites (tertiary alicyclic amines) is 1. The SMILES string of the molecule is Cc1cc(NC(=O)C2CCCN(Cc3c(F)cccc3Cl)C2)ccc1Br. The molecule has 0 aliphatic carbocycles. The zero-order valence-corrected chi connectivity index (χ0v) is 16.9. The Bertz CT molecular complexity index is 794. The van der Waals surface area contributed by atoms with Gasteiger partial charge >= 0.3 is 0 Å². The van der Waals surface area contributed by atoms with Gasteiger partial charge in [-0.2, -0.15) is 0 Å². The predicted octanol–water partition coefficient (Wildman–Crippen LogP) is 5.40. The summed E-state index contributed by atoms with van der Waals surface area (Å²) >= 11 is 9.60. The van der Waals surface area contributed by atoms with E-state index in [0.717, 1.165) is 35.1 Å². The van der Waals surface area contributed by atoms with Gasteiger partial charge in [0.1, 0.15) is 5.82 Å². The molecule has 1 atom stereocenters. The maximum atomic E-state index is 14.0. The highest BCUT2D eigenvalue weighted by atomic mass is 79.9. The number of carbonyl (C=O) groups excluding carboxylic acids is 1. The Morgan fingerprint density at radius 2 is 2.19 bits per heavy atom. The molecule has 0 aromatic heterocycles. The fourth-order valence-electron chi connectivity index (χ4n) is 3.29. The van der Waals surface area contributed by atoms with Gasteiger partial charge in [0.25, 0.3) is 0 Å². The topological polar surface area (TPSA) is 32.3 Å². The van der Waals surface area contributed by atoms with Crippen LogP contribution in [-0.2, 0) is 11.3 Å². The molecule has 138 valence electrons. The number of nitrogens with zero attached hydrogens (tertiary/aromatic N) is 1. The summed E-state index contributed by atoms with van der Waals surface area (Å²) in [4.78, 5) is 14.7. The van der Waals surface area contributed by atoms with E-state index in [1.54, 1.807) is 12.1 Å². The lowest BCUT2D eigenvalue weighted by Crippen LogP contribution is -2.40. The molecular formula is C20H21BrClFN2O. The maximum absolute atomic E-state index is 14.0. The second-order valence-corrected chi connectivity index (χ2v) is 7.99. The first-order valence-electron chi connectivity index (χ1n) is 8.66. The fraction of sp³-hybridized carbons (Fsp3) is 0.350. The third kappa shape index (κ3) is 4.64. The first-order chi connectivity index (χ1) is 12.4. The number of hydrogen-bond donors (Lipinski definition) is 1. The van der Waals surface area contributed by atoms with E-state index in [0.29, 0.717) is 23.7 Å². The molecule has 26 heavy (non-hydrogen) atoms. The first-order valence-corrected chi connectivity index (χ1v) is 9.83. The van der Waals surface area contributed by atoms with Crippen LogP contribution in [0.25, 0.3) is 0 Å². The summed E-state index contributed by atoms with van der Waals surface area (Å²) in [6, 6.07) is 10.5. The Hall–Kier alpha value is -1.43. The summed E-state index contributed by atoms with van der Waals surface area (Å²) in [7, 11) is 0. The monoisotopic (exact) mass is 438 g/mol. The smallest absolute Gasteiger partial charge is 0.228 e. The van der Waals surface area contributed by atoms with Crippen molar-refractivity contribution in [1.29, 1.82) is 0 Å². The van der Waals surface area contributed by atoms with Crippen LogP contribution in [0.3, 0.4) is 0 Å². The van der Waals surface area contributed by atoms with Gasteiger partial charge in [-0.3, -0.25) is 9.69 Å². The highest BCUT2D eigenvalue weighted by molar-refractivity contribution is 9.10. The van der Waals surface area contributed by atoms with Gasteiger partial charge in [0.2, 0.25) is 5.91 Å². The molecule has 6 heteroatoms. The summed E-state index contributed by atoms with van der Waals surface area (Å²) in [5.41, 5.74) is 2.37. The third-order valence-electron chi connectivity index (χ3n) is 4.75. The standard InChI is InChI=1S/C20H21BrClFN2O/c1-13-10-15(7-8-17(13)21)24-20(26)14-4-3-9-25(11-14)12-16-18(22)5-2-6-19(16)23/h2,5-8,10,14H,3-4,9,11-12H2,1H3,(H,24,26). The largest absolute Gasteiger partial charge is 0.326 e. The summed E-state index contributed by atoms with van der Waals surface area (Å²) in [6.45, 7) is 3.85. The molecule has 0 bridgehead atoms. The molecule has 0 saturated carbocycles. The van der Waals surface area contributed by atoms with Crippen molar-refractivity contribution >= 4 is 39.1 Å². The number of piperidine rings is 1. The highest BCUT2D eigenvalue weighted by Gasteiger charge is 2.26. The number of benzene rings is 2. The van der Waals surface area contributed by atoms with Crippen molar-refractivity contribution in [3.05, 3.63) is 62.8 Å². The number of nitrogens with one attached hydrogen (secondary N) is 1. The predicted molar refractivity (Wildman–Crippen MR) is 107 cm³/mol. The molecule has 2 aromatic carbocycles. The van der Waals surface area contributed by atoms with E-state index < -0.39 is 0 Å². The lowest BCUT2D eigenvalue weighted by Gasteiger charge is -2.32. The van der Waals surface area contributed by atoms with E-state index in [1.165, 1.54) is 6.07 Å². The summed E-state index contributed by atoms with van der Waals surface area (Å²) in [5, 5.41) is 3.43. The van der Waals surface area contributed by atoms with Crippen LogP contribution < -0.4 is 5.32 Å². The van der Waals surface area contributed by atoms with Crippen molar-refractivity contribution in [2.45, 2.75) is 26.3 Å². The average molecular weight is 440 g/mol. The number of rotatable bonds is 4. The Morgan fingerprint density at radius 3 is 2.92 bits per heavy atom. The molecule has 2 aromatic rings. The highest BCUT2D eigenvalue weighted by Crippen LogP contribution is 2.26. The van der Waals surface area contributed by atoms with Crippen LogP contribution >= 0.6 is 27.5 Å². The van der Waals surface area contributed by atoms with Crippen LogP contribution in [0.4, 0.5) is 10.1 Å². The molecule has 1 aliphatic rings. The van der Waals surface area contributed by atoms with Gasteiger partial charge in [-0.25, -0.2) is 4.39 Å². The van der Waals surface area contributed by atoms with Crippen molar-refractivity contribution in [3.8, 4) is 0 Å². The number of anilines is 1. The summed E-state index contributed by atoms with van der Waals surface area (Å²) in [6.07, 6.45) is 1.74. The van der Waals surface area contributed by atoms with Gasteiger partial charge in [-0.1, -0.05) is 33.6 Å². The molecule has 1 saturated heterocycles. The minimum absolute atomic E-state index is 0.0102. The van der Waals surface area contributed by atoms with E-state index >= 15 is 0 Å². The Labute approximate surface area is 166 Å². The van der Waals surface area contributed by atoms with Crippen LogP contribution in [-0.4, -0.2) is 23.9 Å². The van der Waals surface area contributed by atoms with Crippen molar-refractivity contribution < 1.29 is 9.18 Å². The normalized spacial score (nSPS) is 17.9. The molecular weight excluding hydrogens is 419 g/mol. The second-order valence-electron chi connectivity index (χ2n) is 6.73. The quantitative estimate of drug-likeness (QED) is 0.692. The Morgan fingerprint density at radius 1 is 1.38 bits per heavy atom. The van der Waals surface area contributed by atoms with Crippen molar-refractivity contribution in [3.63, 3.8) is 0 Å². The number of aryl methyl sites for hydroxylation is 1. The number of carbonyl (C=O) groups is 1. The number of hydrogen-bond acceptors (Lipinski definition) is 2. The van der Waals surface area contributed by atoms with E-state index in [-0.39, 0.29) is 17.6 Å². The lowest BCUT2D eigenvalue weighted by molar-refractivity contribution is -0.121. The molecule has 3 nitrogen and oxygen atoms in total. The van der Waals surface area contributed by atoms with Gasteiger partial charge in [0.15, 0.2) is 0 Å². The van der Waals surface area contributed by atoms with Crippen LogP contribution in [0.2, 0.25) is 5.02 Å². The molecule has 3 rings (SSSR count). The zero-order valence-electron chi connectivity index (χ0n) is 14.6. The molecule has 1 aliphatic heterocycles. The van der Waals surface area contributed by atoms with Gasteiger partial charge in [0.05, 0.1) is 5.92 Å². The summed E-state index contributed by atoms with van der Waals surface area (Å²) in [5.74, 6) is -0.399. The van der Waals surface area contributed by atoms with Gasteiger partial charge in [-0.05, 0) is 62.2 Å². The van der Waals surface area contributed by atoms with Crippen LogP contribution in [0.1, 0.15) is 24.0 Å². The molecule has 1 unspecified atom stereocenters. The molecule has 0 spiro atoms. The van der Waals surface area contributed by atoms with Gasteiger partial charge in [0, 0.05) is 33.8 Å². The van der Waals surface area contributed by atoms with Crippen LogP contribution in [0.15, 0.2) is 40.9 Å². The lowest BCUT2D eigenvalue weighted by atomic mass is 9.96. The van der Waals surface area contributed by atoms with Crippen LogP contribution in [0.5, 0.6) is 0 Å². The van der Waals surface area contributed by atoms with E-state index in [2.05, 4.69) is 26.1 Å². The summed E-state index contributed by atoms with van der Waals surface area (Å²) < 4.78 is 15.0. The minimum Gasteiger partial charge on any atom is -0.326 e. The van der Waals surface area contributed by atoms with E-state index in [9.17, 15) is 9.18 Å². The Kier molecular flexibility index (Phi) is 6.33. The van der Waals surface area contributed by atoms with E-state index in [1.807, 2.05) is 25.1 Å². The number of halogens is 3. The van der Waals surface area contributed by atoms with Crippen molar-refractivity contribution in [1.82, 2.24) is 4.90 Å². The maximum Gasteiger partial charge on any atom is 0.228 e. The molecule has 1 amide bonds. The minimum atomic E-state index is -0.297. The molecule has 1 heterocycles. The van der Waals surface area contributed by atoms with Crippen molar-refractivity contribution in [2.24, 2.45) is 5.92 Å². The zero-order chi connectivity index (χ0) is 18.7. The molecule has 0 radical (unpaired) electrons. The number of amides is 1. The fourth-order valence-corrected chi connectivity index (χ4v) is 3.76. The Balaban J connectivity index is 1.64. The molecule has 1 N–H and O–H groups in total. The third-order valence-corrected chi connectivity index (χ3v) is 5.99. The molecule has 1 fully saturated rings. The van der Waals surface area contributed by atoms with Crippen molar-refractivity contribution in [2.75, 3.05) is 18.4 Å². The first kappa shape index (κ1) is 19.3. The van der Waals surface area contributed by atoms with Gasteiger partial charge < -0.3 is 5.32 Å². The second kappa shape index (κ2) is 8.51. The van der Waals surface area contributed by atoms with Gasteiger partial charge in [-0.15, -0.1) is 0 Å². The van der Waals surface area contributed by atoms with E-state index in [4.69, 9.17) is 11.6 Å². The average Bonchev–Trinajstić information content (AvgIpc) is 2.62. The van der Waals surface area contributed by atoms with Crippen LogP contribution in [0, 0.1) is 18.7 Å².